The van der Waals surface area contributed by atoms with E-state index in [0.29, 0.717) is 17.6 Å². The van der Waals surface area contributed by atoms with Crippen LogP contribution in [0, 0.1) is 17.3 Å². The van der Waals surface area contributed by atoms with Gasteiger partial charge in [0.15, 0.2) is 5.79 Å². The fourth-order valence-electron chi connectivity index (χ4n) is 5.21. The number of hydrogen-bond donors (Lipinski definition) is 0. The molecule has 4 nitrogen and oxygen atoms in total. The van der Waals surface area contributed by atoms with Crippen LogP contribution in [-0.4, -0.2) is 55.2 Å². The lowest BCUT2D eigenvalue weighted by atomic mass is 9.64. The van der Waals surface area contributed by atoms with Crippen LogP contribution in [0.1, 0.15) is 86.5 Å². The first-order valence-corrected chi connectivity index (χ1v) is 11.9. The molecule has 3 fully saturated rings. The summed E-state index contributed by atoms with van der Waals surface area (Å²) in [6, 6.07) is 0.550. The molecule has 0 N–H and O–H groups in total. The van der Waals surface area contributed by atoms with Gasteiger partial charge in [0, 0.05) is 38.6 Å². The largest absolute Gasteiger partial charge is 0.377 e. The lowest BCUT2D eigenvalue weighted by Gasteiger charge is -2.44. The Morgan fingerprint density at radius 1 is 1.04 bits per heavy atom. The fraction of sp³-hybridized carbons (Fsp3) is 1.00. The maximum absolute atomic E-state index is 6.53. The molecule has 1 aliphatic carbocycles. The normalized spacial score (nSPS) is 34.4. The monoisotopic (exact) mass is 395 g/mol. The van der Waals surface area contributed by atoms with Crippen molar-refractivity contribution in [2.24, 2.45) is 17.3 Å². The Balaban J connectivity index is 1.45. The predicted octanol–water partition coefficient (Wildman–Crippen LogP) is 5.25. The van der Waals surface area contributed by atoms with Crippen molar-refractivity contribution in [1.29, 1.82) is 0 Å². The molecule has 1 saturated carbocycles. The standard InChI is InChI=1S/C24H45NO3/c1-18(2)23(5,6)20-9-12-24(13-10-20)27-17-22(28-24)11-14-25(19(3)4)16-21-8-7-15-26-21/h18-22H,7-17H2,1-6H3. The van der Waals surface area contributed by atoms with Crippen LogP contribution in [0.4, 0.5) is 0 Å². The van der Waals surface area contributed by atoms with Gasteiger partial charge in [-0.05, 0) is 63.2 Å². The molecule has 0 amide bonds. The van der Waals surface area contributed by atoms with Gasteiger partial charge in [-0.15, -0.1) is 0 Å². The Kier molecular flexibility index (Phi) is 7.50. The summed E-state index contributed by atoms with van der Waals surface area (Å²) < 4.78 is 18.7. The molecule has 28 heavy (non-hydrogen) atoms. The van der Waals surface area contributed by atoms with E-state index in [1.54, 1.807) is 0 Å². The molecule has 2 atom stereocenters. The van der Waals surface area contributed by atoms with E-state index in [4.69, 9.17) is 14.2 Å². The molecule has 0 aromatic heterocycles. The van der Waals surface area contributed by atoms with E-state index in [1.807, 2.05) is 0 Å². The Morgan fingerprint density at radius 2 is 1.75 bits per heavy atom. The summed E-state index contributed by atoms with van der Waals surface area (Å²) in [5, 5.41) is 0. The Morgan fingerprint density at radius 3 is 2.32 bits per heavy atom. The summed E-state index contributed by atoms with van der Waals surface area (Å²) in [4.78, 5) is 2.56. The summed E-state index contributed by atoms with van der Waals surface area (Å²) in [5.41, 5.74) is 0.402. The SMILES string of the molecule is CC(C)N(CCC1COC2(CCC(C(C)(C)C(C)C)CC2)O1)CC1CCCO1. The summed E-state index contributed by atoms with van der Waals surface area (Å²) in [5.74, 6) is 1.22. The molecule has 4 heteroatoms. The topological polar surface area (TPSA) is 30.9 Å². The highest BCUT2D eigenvalue weighted by Gasteiger charge is 2.47. The Labute approximate surface area is 173 Å². The first kappa shape index (κ1) is 22.5. The molecule has 2 saturated heterocycles. The van der Waals surface area contributed by atoms with Crippen molar-refractivity contribution >= 4 is 0 Å². The Bertz CT molecular complexity index is 476. The third-order valence-corrected chi connectivity index (χ3v) is 8.13. The first-order valence-electron chi connectivity index (χ1n) is 11.9. The molecule has 2 aliphatic heterocycles. The fourth-order valence-corrected chi connectivity index (χ4v) is 5.21. The lowest BCUT2D eigenvalue weighted by Crippen LogP contribution is -2.41. The summed E-state index contributed by atoms with van der Waals surface area (Å²) in [6.07, 6.45) is 8.76. The zero-order valence-corrected chi connectivity index (χ0v) is 19.3. The molecule has 164 valence electrons. The van der Waals surface area contributed by atoms with Crippen LogP contribution >= 0.6 is 0 Å². The molecule has 0 aromatic carbocycles. The van der Waals surface area contributed by atoms with E-state index in [9.17, 15) is 0 Å². The van der Waals surface area contributed by atoms with Gasteiger partial charge in [0.25, 0.3) is 0 Å². The minimum absolute atomic E-state index is 0.250. The second-order valence-corrected chi connectivity index (χ2v) is 10.7. The first-order chi connectivity index (χ1) is 13.2. The van der Waals surface area contributed by atoms with E-state index in [1.165, 1.54) is 25.7 Å². The minimum atomic E-state index is -0.286. The number of ether oxygens (including phenoxy) is 3. The van der Waals surface area contributed by atoms with E-state index in [0.717, 1.165) is 57.4 Å². The number of hydrogen-bond acceptors (Lipinski definition) is 4. The van der Waals surface area contributed by atoms with Crippen LogP contribution < -0.4 is 0 Å². The quantitative estimate of drug-likeness (QED) is 0.562. The van der Waals surface area contributed by atoms with Gasteiger partial charge in [-0.3, -0.25) is 4.90 Å². The molecule has 1 spiro atoms. The molecule has 3 aliphatic rings. The van der Waals surface area contributed by atoms with Gasteiger partial charge in [-0.1, -0.05) is 27.7 Å². The summed E-state index contributed by atoms with van der Waals surface area (Å²) >= 11 is 0. The molecule has 0 radical (unpaired) electrons. The maximum Gasteiger partial charge on any atom is 0.168 e. The van der Waals surface area contributed by atoms with E-state index < -0.39 is 0 Å². The van der Waals surface area contributed by atoms with Gasteiger partial charge >= 0.3 is 0 Å². The third-order valence-electron chi connectivity index (χ3n) is 8.13. The highest BCUT2D eigenvalue weighted by atomic mass is 16.7. The highest BCUT2D eigenvalue weighted by Crippen LogP contribution is 2.48. The Hall–Kier alpha value is -0.160. The minimum Gasteiger partial charge on any atom is -0.377 e. The van der Waals surface area contributed by atoms with Gasteiger partial charge in [-0.25, -0.2) is 0 Å². The van der Waals surface area contributed by atoms with Gasteiger partial charge in [0.1, 0.15) is 0 Å². The third kappa shape index (κ3) is 5.30. The maximum atomic E-state index is 6.53. The van der Waals surface area contributed by atoms with Crippen LogP contribution in [0.2, 0.25) is 0 Å². The highest BCUT2D eigenvalue weighted by molar-refractivity contribution is 4.91. The molecule has 2 heterocycles. The van der Waals surface area contributed by atoms with E-state index >= 15 is 0 Å². The smallest absolute Gasteiger partial charge is 0.168 e. The van der Waals surface area contributed by atoms with Crippen molar-refractivity contribution in [2.45, 2.75) is 111 Å². The molecular weight excluding hydrogens is 350 g/mol. The van der Waals surface area contributed by atoms with Crippen LogP contribution in [0.3, 0.4) is 0 Å². The lowest BCUT2D eigenvalue weighted by molar-refractivity contribution is -0.199. The van der Waals surface area contributed by atoms with E-state index in [2.05, 4.69) is 46.4 Å². The molecule has 0 aromatic rings. The van der Waals surface area contributed by atoms with Crippen LogP contribution in [0.5, 0.6) is 0 Å². The molecule has 2 unspecified atom stereocenters. The summed E-state index contributed by atoms with van der Waals surface area (Å²) in [6.45, 7) is 18.0. The second kappa shape index (κ2) is 9.32. The van der Waals surface area contributed by atoms with Crippen molar-refractivity contribution in [1.82, 2.24) is 4.90 Å². The summed E-state index contributed by atoms with van der Waals surface area (Å²) in [7, 11) is 0. The van der Waals surface area contributed by atoms with Gasteiger partial charge in [-0.2, -0.15) is 0 Å². The molecular formula is C24H45NO3. The molecule has 3 rings (SSSR count). The van der Waals surface area contributed by atoms with Crippen LogP contribution in [0.15, 0.2) is 0 Å². The average Bonchev–Trinajstić information content (AvgIpc) is 3.29. The van der Waals surface area contributed by atoms with Crippen molar-refractivity contribution < 1.29 is 14.2 Å². The zero-order valence-electron chi connectivity index (χ0n) is 19.3. The predicted molar refractivity (Wildman–Crippen MR) is 114 cm³/mol. The van der Waals surface area contributed by atoms with Crippen molar-refractivity contribution in [3.63, 3.8) is 0 Å². The van der Waals surface area contributed by atoms with E-state index in [-0.39, 0.29) is 11.9 Å². The second-order valence-electron chi connectivity index (χ2n) is 10.7. The molecule has 0 bridgehead atoms. The zero-order chi connectivity index (χ0) is 20.4. The number of rotatable bonds is 8. The van der Waals surface area contributed by atoms with Crippen molar-refractivity contribution in [2.75, 3.05) is 26.3 Å². The number of nitrogens with zero attached hydrogens (tertiary/aromatic N) is 1. The van der Waals surface area contributed by atoms with Crippen molar-refractivity contribution in [3.05, 3.63) is 0 Å². The van der Waals surface area contributed by atoms with Crippen LogP contribution in [-0.2, 0) is 14.2 Å². The van der Waals surface area contributed by atoms with Gasteiger partial charge in [0.05, 0.1) is 18.8 Å². The van der Waals surface area contributed by atoms with Gasteiger partial charge < -0.3 is 14.2 Å². The van der Waals surface area contributed by atoms with Crippen molar-refractivity contribution in [3.8, 4) is 0 Å². The van der Waals surface area contributed by atoms with Gasteiger partial charge in [0.2, 0.25) is 0 Å². The average molecular weight is 396 g/mol. The van der Waals surface area contributed by atoms with Crippen LogP contribution in [0.25, 0.3) is 0 Å².